The van der Waals surface area contributed by atoms with Gasteiger partial charge in [0.1, 0.15) is 0 Å². The Balaban J connectivity index is 1.83. The van der Waals surface area contributed by atoms with Crippen molar-refractivity contribution in [2.45, 2.75) is 25.7 Å². The van der Waals surface area contributed by atoms with Crippen LogP contribution in [0.5, 0.6) is 0 Å². The van der Waals surface area contributed by atoms with E-state index in [0.717, 1.165) is 12.5 Å². The van der Waals surface area contributed by atoms with Gasteiger partial charge in [0.05, 0.1) is 0 Å². The highest BCUT2D eigenvalue weighted by molar-refractivity contribution is 5.85. The van der Waals surface area contributed by atoms with E-state index < -0.39 is 0 Å². The average Bonchev–Trinajstić information content (AvgIpc) is 2.49. The summed E-state index contributed by atoms with van der Waals surface area (Å²) >= 11 is 0. The molecule has 0 spiro atoms. The van der Waals surface area contributed by atoms with Crippen LogP contribution in [0.2, 0.25) is 0 Å². The molecule has 0 aromatic rings. The molecule has 1 amide bonds. The van der Waals surface area contributed by atoms with E-state index in [1.165, 1.54) is 25.7 Å². The monoisotopic (exact) mass is 151 g/mol. The van der Waals surface area contributed by atoms with Gasteiger partial charge < -0.3 is 5.32 Å². The molecule has 2 saturated carbocycles. The summed E-state index contributed by atoms with van der Waals surface area (Å²) in [6.45, 7) is 0.987. The van der Waals surface area contributed by atoms with Crippen molar-refractivity contribution in [3.8, 4) is 0 Å². The largest absolute Gasteiger partial charge is 0.355 e. The summed E-state index contributed by atoms with van der Waals surface area (Å²) in [6.07, 6.45) is 5.35. The maximum atomic E-state index is 11.2. The molecule has 2 nitrogen and oxygen atoms in total. The van der Waals surface area contributed by atoms with Crippen molar-refractivity contribution in [1.29, 1.82) is 0 Å². The smallest absolute Gasteiger partial charge is 0.223 e. The van der Waals surface area contributed by atoms with Gasteiger partial charge in [-0.1, -0.05) is 6.42 Å². The highest BCUT2D eigenvalue weighted by Gasteiger charge is 2.66. The normalized spacial score (nSPS) is 48.0. The number of carbonyl (C=O) groups excluding carboxylic acids is 1. The van der Waals surface area contributed by atoms with Crippen LogP contribution >= 0.6 is 0 Å². The topological polar surface area (TPSA) is 29.1 Å². The Kier molecular flexibility index (Phi) is 0.890. The van der Waals surface area contributed by atoms with Crippen molar-refractivity contribution >= 4 is 5.91 Å². The van der Waals surface area contributed by atoms with Gasteiger partial charge >= 0.3 is 0 Å². The molecule has 0 aromatic heterocycles. The zero-order valence-corrected chi connectivity index (χ0v) is 6.60. The second-order valence-electron chi connectivity index (χ2n) is 4.34. The van der Waals surface area contributed by atoms with Gasteiger partial charge in [-0.15, -0.1) is 0 Å². The van der Waals surface area contributed by atoms with Crippen LogP contribution in [-0.4, -0.2) is 12.5 Å². The van der Waals surface area contributed by atoms with E-state index in [9.17, 15) is 4.79 Å². The third-order valence-electron chi connectivity index (χ3n) is 3.94. The first-order chi connectivity index (χ1) is 5.33. The van der Waals surface area contributed by atoms with E-state index in [1.807, 2.05) is 0 Å². The quantitative estimate of drug-likeness (QED) is 0.593. The molecule has 2 aliphatic carbocycles. The number of hydrogen-bond acceptors (Lipinski definition) is 1. The van der Waals surface area contributed by atoms with Crippen molar-refractivity contribution < 1.29 is 4.79 Å². The lowest BCUT2D eigenvalue weighted by Crippen LogP contribution is -2.29. The van der Waals surface area contributed by atoms with E-state index in [2.05, 4.69) is 5.32 Å². The summed E-state index contributed by atoms with van der Waals surface area (Å²) in [5.41, 5.74) is 0.468. The van der Waals surface area contributed by atoms with E-state index >= 15 is 0 Å². The fourth-order valence-corrected chi connectivity index (χ4v) is 2.82. The molecule has 2 unspecified atom stereocenters. The van der Waals surface area contributed by atoms with E-state index in [4.69, 9.17) is 0 Å². The minimum Gasteiger partial charge on any atom is -0.355 e. The van der Waals surface area contributed by atoms with Crippen molar-refractivity contribution in [2.75, 3.05) is 6.54 Å². The first-order valence-electron chi connectivity index (χ1n) is 4.61. The van der Waals surface area contributed by atoms with E-state index in [-0.39, 0.29) is 0 Å². The summed E-state index contributed by atoms with van der Waals surface area (Å²) in [5, 5.41) is 2.97. The van der Waals surface area contributed by atoms with Gasteiger partial charge in [0.2, 0.25) is 5.91 Å². The zero-order valence-electron chi connectivity index (χ0n) is 6.60. The van der Waals surface area contributed by atoms with Crippen LogP contribution in [0.1, 0.15) is 25.7 Å². The first kappa shape index (κ1) is 6.04. The molecule has 1 saturated heterocycles. The number of carbonyl (C=O) groups is 1. The minimum atomic E-state index is 0.330. The minimum absolute atomic E-state index is 0.330. The van der Waals surface area contributed by atoms with Crippen LogP contribution < -0.4 is 5.32 Å². The van der Waals surface area contributed by atoms with Gasteiger partial charge in [-0.25, -0.2) is 0 Å². The molecule has 60 valence electrons. The lowest BCUT2D eigenvalue weighted by atomic mass is 9.73. The zero-order chi connectivity index (χ0) is 7.47. The highest BCUT2D eigenvalue weighted by atomic mass is 16.2. The van der Waals surface area contributed by atoms with Gasteiger partial charge in [0, 0.05) is 17.9 Å². The van der Waals surface area contributed by atoms with Crippen molar-refractivity contribution in [3.63, 3.8) is 0 Å². The van der Waals surface area contributed by atoms with Crippen LogP contribution in [0.4, 0.5) is 0 Å². The number of piperidine rings is 1. The Labute approximate surface area is 66.4 Å². The highest BCUT2D eigenvalue weighted by Crippen LogP contribution is 2.64. The van der Waals surface area contributed by atoms with Gasteiger partial charge in [0.15, 0.2) is 0 Å². The number of hydrogen-bond donors (Lipinski definition) is 1. The van der Waals surface area contributed by atoms with Gasteiger partial charge in [-0.2, -0.15) is 0 Å². The van der Waals surface area contributed by atoms with Crippen LogP contribution in [0.3, 0.4) is 0 Å². The molecule has 1 N–H and O–H groups in total. The molecule has 0 radical (unpaired) electrons. The number of fused-ring (bicyclic) bond motifs is 1. The van der Waals surface area contributed by atoms with E-state index in [0.29, 0.717) is 17.2 Å². The number of nitrogens with one attached hydrogen (secondary N) is 1. The Morgan fingerprint density at radius 2 is 2.27 bits per heavy atom. The fraction of sp³-hybridized carbons (Fsp3) is 0.889. The summed E-state index contributed by atoms with van der Waals surface area (Å²) in [5.74, 6) is 1.65. The van der Waals surface area contributed by atoms with Crippen molar-refractivity contribution in [1.82, 2.24) is 5.32 Å². The second-order valence-corrected chi connectivity index (χ2v) is 4.34. The Morgan fingerprint density at radius 3 is 2.64 bits per heavy atom. The third kappa shape index (κ3) is 0.569. The maximum absolute atomic E-state index is 11.2. The molecule has 1 heterocycles. The SMILES string of the molecule is O=C1NCC2(C3CCC3)CC12. The predicted molar refractivity (Wildman–Crippen MR) is 40.9 cm³/mol. The predicted octanol–water partition coefficient (Wildman–Crippen LogP) is 0.923. The molecular formula is C9H13NO. The Morgan fingerprint density at radius 1 is 1.45 bits per heavy atom. The fourth-order valence-electron chi connectivity index (χ4n) is 2.82. The van der Waals surface area contributed by atoms with Crippen molar-refractivity contribution in [3.05, 3.63) is 0 Å². The number of rotatable bonds is 1. The molecule has 1 aliphatic heterocycles. The molecule has 3 rings (SSSR count). The lowest BCUT2D eigenvalue weighted by molar-refractivity contribution is -0.121. The van der Waals surface area contributed by atoms with Gasteiger partial charge in [-0.3, -0.25) is 4.79 Å². The Hall–Kier alpha value is -0.530. The number of amides is 1. The van der Waals surface area contributed by atoms with Crippen LogP contribution in [-0.2, 0) is 4.79 Å². The molecule has 2 atom stereocenters. The van der Waals surface area contributed by atoms with E-state index in [1.54, 1.807) is 0 Å². The second kappa shape index (κ2) is 1.62. The standard InChI is InChI=1S/C9H13NO/c11-8-7-4-9(7,5-10-8)6-2-1-3-6/h6-7H,1-5H2,(H,10,11). The molecule has 11 heavy (non-hydrogen) atoms. The lowest BCUT2D eigenvalue weighted by Gasteiger charge is -2.32. The molecule has 3 aliphatic rings. The maximum Gasteiger partial charge on any atom is 0.223 e. The van der Waals surface area contributed by atoms with Crippen molar-refractivity contribution in [2.24, 2.45) is 17.3 Å². The first-order valence-corrected chi connectivity index (χ1v) is 4.61. The molecular weight excluding hydrogens is 138 g/mol. The van der Waals surface area contributed by atoms with Gasteiger partial charge in [0.25, 0.3) is 0 Å². The summed E-state index contributed by atoms with van der Waals surface area (Å²) in [4.78, 5) is 11.2. The molecule has 0 bridgehead atoms. The Bertz CT molecular complexity index is 222. The molecule has 3 fully saturated rings. The average molecular weight is 151 g/mol. The van der Waals surface area contributed by atoms with Gasteiger partial charge in [-0.05, 0) is 25.2 Å². The van der Waals surface area contributed by atoms with Crippen LogP contribution in [0.15, 0.2) is 0 Å². The molecule has 0 aromatic carbocycles. The van der Waals surface area contributed by atoms with Crippen LogP contribution in [0, 0.1) is 17.3 Å². The summed E-state index contributed by atoms with van der Waals surface area (Å²) in [7, 11) is 0. The third-order valence-corrected chi connectivity index (χ3v) is 3.94. The van der Waals surface area contributed by atoms with Crippen LogP contribution in [0.25, 0.3) is 0 Å². The summed E-state index contributed by atoms with van der Waals surface area (Å²) in [6, 6.07) is 0. The summed E-state index contributed by atoms with van der Waals surface area (Å²) < 4.78 is 0. The molecule has 2 heteroatoms.